The normalized spacial score (nSPS) is 9.74. The molecule has 0 fully saturated rings. The Hall–Kier alpha value is -3.31. The highest BCUT2D eigenvalue weighted by molar-refractivity contribution is 5.71. The molecule has 0 atom stereocenters. The summed E-state index contributed by atoms with van der Waals surface area (Å²) >= 11 is 0. The topological polar surface area (TPSA) is 37.3 Å². The Morgan fingerprint density at radius 1 is 0.739 bits per heavy atom. The minimum Gasteiger partial charge on any atom is -0.504 e. The molecule has 0 spiro atoms. The van der Waals surface area contributed by atoms with Gasteiger partial charge in [-0.2, -0.15) is 0 Å². The second-order valence-corrected chi connectivity index (χ2v) is 5.04. The molecule has 0 aliphatic heterocycles. The molecule has 0 aromatic heterocycles. The van der Waals surface area contributed by atoms with Crippen LogP contribution in [0.4, 0.5) is 0 Å². The van der Waals surface area contributed by atoms with E-state index in [-0.39, 0.29) is 5.75 Å². The van der Waals surface area contributed by atoms with E-state index in [1.165, 1.54) is 12.1 Å². The summed E-state index contributed by atoms with van der Waals surface area (Å²) in [5, 5.41) is 9.70. The van der Waals surface area contributed by atoms with Crippen LogP contribution in [0.25, 0.3) is 11.1 Å². The fourth-order valence-corrected chi connectivity index (χ4v) is 2.24. The van der Waals surface area contributed by atoms with Crippen molar-refractivity contribution in [1.29, 1.82) is 0 Å². The molecular weight excluding hydrogens is 284 g/mol. The maximum atomic E-state index is 11.9. The molecule has 0 aliphatic rings. The van der Waals surface area contributed by atoms with Crippen LogP contribution in [0.1, 0.15) is 11.1 Å². The minimum absolute atomic E-state index is 0.282. The van der Waals surface area contributed by atoms with Crippen molar-refractivity contribution in [3.63, 3.8) is 0 Å². The fraction of sp³-hybridized carbons (Fsp3) is 0. The number of hydrogen-bond acceptors (Lipinski definition) is 2. The molecule has 2 nitrogen and oxygen atoms in total. The van der Waals surface area contributed by atoms with E-state index in [0.717, 1.165) is 11.1 Å². The zero-order valence-corrected chi connectivity index (χ0v) is 12.4. The molecule has 110 valence electrons. The standard InChI is InChI=1S/C21H14O2/c22-20-14-13-18(12-11-16-7-3-1-4-8-16)19(15-21(20)23)17-9-5-2-6-10-17/h1-10,13-15H,(H,22,23). The van der Waals surface area contributed by atoms with Crippen LogP contribution in [0.5, 0.6) is 5.75 Å². The van der Waals surface area contributed by atoms with E-state index in [9.17, 15) is 9.90 Å². The van der Waals surface area contributed by atoms with Gasteiger partial charge < -0.3 is 5.11 Å². The van der Waals surface area contributed by atoms with Crippen molar-refractivity contribution in [1.82, 2.24) is 0 Å². The third kappa shape index (κ3) is 3.48. The quantitative estimate of drug-likeness (QED) is 0.693. The first-order chi connectivity index (χ1) is 11.2. The number of aromatic hydroxyl groups is 1. The molecule has 0 aliphatic carbocycles. The minimum atomic E-state index is -0.420. The maximum absolute atomic E-state index is 11.9. The van der Waals surface area contributed by atoms with E-state index >= 15 is 0 Å². The summed E-state index contributed by atoms with van der Waals surface area (Å²) in [6, 6.07) is 23.7. The highest BCUT2D eigenvalue weighted by Crippen LogP contribution is 2.22. The van der Waals surface area contributed by atoms with E-state index in [0.29, 0.717) is 11.1 Å². The molecule has 0 bridgehead atoms. The van der Waals surface area contributed by atoms with Crippen molar-refractivity contribution in [2.24, 2.45) is 0 Å². The van der Waals surface area contributed by atoms with Crippen molar-refractivity contribution in [3.8, 4) is 28.7 Å². The van der Waals surface area contributed by atoms with Crippen LogP contribution in [-0.4, -0.2) is 5.11 Å². The molecule has 23 heavy (non-hydrogen) atoms. The molecule has 0 saturated carbocycles. The summed E-state index contributed by atoms with van der Waals surface area (Å²) in [7, 11) is 0. The number of benzene rings is 2. The highest BCUT2D eigenvalue weighted by atomic mass is 16.3. The van der Waals surface area contributed by atoms with E-state index in [1.54, 1.807) is 6.07 Å². The third-order valence-electron chi connectivity index (χ3n) is 3.43. The maximum Gasteiger partial charge on any atom is 0.220 e. The zero-order chi connectivity index (χ0) is 16.1. The van der Waals surface area contributed by atoms with Gasteiger partial charge in [-0.1, -0.05) is 60.4 Å². The first kappa shape index (κ1) is 14.6. The monoisotopic (exact) mass is 298 g/mol. The largest absolute Gasteiger partial charge is 0.504 e. The highest BCUT2D eigenvalue weighted by Gasteiger charge is 2.05. The lowest BCUT2D eigenvalue weighted by Gasteiger charge is -2.01. The molecule has 0 amide bonds. The Bertz CT molecular complexity index is 934. The van der Waals surface area contributed by atoms with Gasteiger partial charge in [-0.25, -0.2) is 0 Å². The fourth-order valence-electron chi connectivity index (χ4n) is 2.24. The number of rotatable bonds is 1. The molecule has 0 radical (unpaired) electrons. The summed E-state index contributed by atoms with van der Waals surface area (Å²) < 4.78 is 0. The number of hydrogen-bond donors (Lipinski definition) is 1. The zero-order valence-electron chi connectivity index (χ0n) is 12.4. The van der Waals surface area contributed by atoms with Gasteiger partial charge in [0.05, 0.1) is 0 Å². The van der Waals surface area contributed by atoms with Crippen molar-refractivity contribution in [3.05, 3.63) is 100 Å². The van der Waals surface area contributed by atoms with Gasteiger partial charge in [-0.15, -0.1) is 0 Å². The van der Waals surface area contributed by atoms with Crippen LogP contribution in [-0.2, 0) is 0 Å². The van der Waals surface area contributed by atoms with E-state index in [1.807, 2.05) is 60.7 Å². The van der Waals surface area contributed by atoms with Gasteiger partial charge in [0, 0.05) is 16.7 Å². The summed E-state index contributed by atoms with van der Waals surface area (Å²) in [5.41, 5.74) is 2.76. The molecule has 1 N–H and O–H groups in total. The summed E-state index contributed by atoms with van der Waals surface area (Å²) in [5.74, 6) is 5.91. The second kappa shape index (κ2) is 6.64. The molecule has 3 rings (SSSR count). The summed E-state index contributed by atoms with van der Waals surface area (Å²) in [6.07, 6.45) is 0. The SMILES string of the molecule is O=c1cc(-c2ccccc2)c(C#Cc2ccccc2)ccc1O. The van der Waals surface area contributed by atoms with Crippen molar-refractivity contribution < 1.29 is 5.11 Å². The van der Waals surface area contributed by atoms with Gasteiger partial charge in [-0.05, 0) is 35.9 Å². The molecule has 0 heterocycles. The predicted molar refractivity (Wildman–Crippen MR) is 92.2 cm³/mol. The van der Waals surface area contributed by atoms with Gasteiger partial charge in [0.25, 0.3) is 0 Å². The van der Waals surface area contributed by atoms with Gasteiger partial charge >= 0.3 is 0 Å². The Morgan fingerprint density at radius 2 is 1.39 bits per heavy atom. The van der Waals surface area contributed by atoms with Crippen molar-refractivity contribution >= 4 is 0 Å². The lowest BCUT2D eigenvalue weighted by molar-refractivity contribution is 0.471. The second-order valence-electron chi connectivity index (χ2n) is 5.04. The van der Waals surface area contributed by atoms with Crippen LogP contribution in [0, 0.1) is 11.8 Å². The smallest absolute Gasteiger partial charge is 0.220 e. The molecule has 0 saturated heterocycles. The van der Waals surface area contributed by atoms with Gasteiger partial charge in [-0.3, -0.25) is 4.79 Å². The Labute approximate surface area is 134 Å². The molecule has 3 aromatic carbocycles. The molecule has 2 heteroatoms. The van der Waals surface area contributed by atoms with Crippen LogP contribution in [0.2, 0.25) is 0 Å². The van der Waals surface area contributed by atoms with E-state index in [4.69, 9.17) is 0 Å². The van der Waals surface area contributed by atoms with Crippen LogP contribution in [0.15, 0.2) is 83.7 Å². The lowest BCUT2D eigenvalue weighted by Crippen LogP contribution is -1.94. The third-order valence-corrected chi connectivity index (χ3v) is 3.43. The van der Waals surface area contributed by atoms with Crippen LogP contribution < -0.4 is 5.43 Å². The van der Waals surface area contributed by atoms with Crippen molar-refractivity contribution in [2.45, 2.75) is 0 Å². The Kier molecular flexibility index (Phi) is 4.22. The van der Waals surface area contributed by atoms with Crippen LogP contribution >= 0.6 is 0 Å². The summed E-state index contributed by atoms with van der Waals surface area (Å²) in [4.78, 5) is 11.9. The van der Waals surface area contributed by atoms with Gasteiger partial charge in [0.1, 0.15) is 0 Å². The molecule has 0 unspecified atom stereocenters. The Balaban J connectivity index is 2.19. The first-order valence-corrected chi connectivity index (χ1v) is 7.24. The van der Waals surface area contributed by atoms with E-state index in [2.05, 4.69) is 11.8 Å². The van der Waals surface area contributed by atoms with Gasteiger partial charge in [0.2, 0.25) is 5.43 Å². The summed E-state index contributed by atoms with van der Waals surface area (Å²) in [6.45, 7) is 0. The van der Waals surface area contributed by atoms with Crippen molar-refractivity contribution in [2.75, 3.05) is 0 Å². The average Bonchev–Trinajstić information content (AvgIpc) is 2.74. The molecule has 3 aromatic rings. The average molecular weight is 298 g/mol. The van der Waals surface area contributed by atoms with E-state index < -0.39 is 5.43 Å². The van der Waals surface area contributed by atoms with Crippen LogP contribution in [0.3, 0.4) is 0 Å². The van der Waals surface area contributed by atoms with Gasteiger partial charge in [0.15, 0.2) is 5.75 Å². The predicted octanol–water partition coefficient (Wildman–Crippen LogP) is 3.82. The lowest BCUT2D eigenvalue weighted by atomic mass is 10.0. The molecular formula is C21H14O2. The first-order valence-electron chi connectivity index (χ1n) is 7.24. The Morgan fingerprint density at radius 3 is 2.09 bits per heavy atom.